The van der Waals surface area contributed by atoms with Crippen LogP contribution in [0.25, 0.3) is 0 Å². The molecule has 0 radical (unpaired) electrons. The van der Waals surface area contributed by atoms with Gasteiger partial charge >= 0.3 is 5.97 Å². The number of pyridine rings is 1. The molecule has 154 valence electrons. The summed E-state index contributed by atoms with van der Waals surface area (Å²) < 4.78 is 7.12. The van der Waals surface area contributed by atoms with Crippen LogP contribution in [0.4, 0.5) is 5.69 Å². The molecule has 0 saturated carbocycles. The van der Waals surface area contributed by atoms with Crippen LogP contribution in [-0.2, 0) is 19.6 Å². The van der Waals surface area contributed by atoms with Crippen molar-refractivity contribution in [3.63, 3.8) is 0 Å². The van der Waals surface area contributed by atoms with Crippen LogP contribution in [0.3, 0.4) is 0 Å². The summed E-state index contributed by atoms with van der Waals surface area (Å²) >= 11 is 12.3. The highest BCUT2D eigenvalue weighted by atomic mass is 35.5. The Kier molecular flexibility index (Phi) is 6.87. The molecule has 0 amide bonds. The van der Waals surface area contributed by atoms with Crippen LogP contribution in [0.5, 0.6) is 5.75 Å². The quantitative estimate of drug-likeness (QED) is 0.486. The van der Waals surface area contributed by atoms with Gasteiger partial charge in [0.2, 0.25) is 0 Å². The van der Waals surface area contributed by atoms with Gasteiger partial charge in [-0.3, -0.25) is 4.79 Å². The summed E-state index contributed by atoms with van der Waals surface area (Å²) in [6.07, 6.45) is 0.452. The number of hydrogen-bond donors (Lipinski definition) is 1. The molecule has 0 atom stereocenters. The Morgan fingerprint density at radius 1 is 1.07 bits per heavy atom. The van der Waals surface area contributed by atoms with Crippen LogP contribution in [0.1, 0.15) is 21.6 Å². The van der Waals surface area contributed by atoms with Gasteiger partial charge in [-0.2, -0.15) is 0 Å². The van der Waals surface area contributed by atoms with Gasteiger partial charge in [0, 0.05) is 12.6 Å². The molecule has 30 heavy (non-hydrogen) atoms. The highest BCUT2D eigenvalue weighted by Gasteiger charge is 2.14. The normalized spacial score (nSPS) is 10.6. The average molecular weight is 447 g/mol. The van der Waals surface area contributed by atoms with Crippen LogP contribution < -0.4 is 10.3 Å². The topological polar surface area (TPSA) is 98.0 Å². The number of halogens is 2. The first-order valence-electron chi connectivity index (χ1n) is 8.85. The van der Waals surface area contributed by atoms with Crippen LogP contribution in [0, 0.1) is 4.91 Å². The van der Waals surface area contributed by atoms with Crippen molar-refractivity contribution in [1.82, 2.24) is 4.57 Å². The molecule has 2 aromatic carbocycles. The van der Waals surface area contributed by atoms with E-state index in [-0.39, 0.29) is 34.4 Å². The Bertz CT molecular complexity index is 1140. The average Bonchev–Trinajstić information content (AvgIpc) is 2.75. The first-order valence-corrected chi connectivity index (χ1v) is 9.61. The van der Waals surface area contributed by atoms with Gasteiger partial charge in [0.05, 0.1) is 16.3 Å². The Hall–Kier alpha value is -3.16. The Morgan fingerprint density at radius 2 is 1.80 bits per heavy atom. The van der Waals surface area contributed by atoms with Crippen molar-refractivity contribution in [1.29, 1.82) is 0 Å². The van der Waals surface area contributed by atoms with E-state index in [0.717, 1.165) is 5.56 Å². The molecule has 3 rings (SSSR count). The third-order valence-electron chi connectivity index (χ3n) is 4.43. The fourth-order valence-corrected chi connectivity index (χ4v) is 3.39. The molecule has 3 aromatic rings. The van der Waals surface area contributed by atoms with E-state index in [2.05, 4.69) is 5.18 Å². The molecule has 0 aliphatic heterocycles. The van der Waals surface area contributed by atoms with Crippen LogP contribution in [-0.4, -0.2) is 15.6 Å². The second-order valence-corrected chi connectivity index (χ2v) is 7.19. The molecule has 0 unspecified atom stereocenters. The van der Waals surface area contributed by atoms with E-state index in [1.54, 1.807) is 30.3 Å². The number of aromatic carboxylic acids is 1. The molecule has 9 heteroatoms. The summed E-state index contributed by atoms with van der Waals surface area (Å²) in [5.74, 6) is -0.603. The molecular formula is C21H16Cl2N2O5. The van der Waals surface area contributed by atoms with E-state index in [1.165, 1.54) is 28.8 Å². The smallest absolute Gasteiger partial charge is 0.335 e. The second kappa shape index (κ2) is 9.56. The van der Waals surface area contributed by atoms with E-state index < -0.39 is 11.5 Å². The highest BCUT2D eigenvalue weighted by molar-refractivity contribution is 6.34. The number of benzene rings is 2. The van der Waals surface area contributed by atoms with Crippen molar-refractivity contribution in [2.75, 3.05) is 0 Å². The van der Waals surface area contributed by atoms with Crippen LogP contribution in [0.2, 0.25) is 10.0 Å². The number of ether oxygens (including phenoxy) is 1. The van der Waals surface area contributed by atoms with Crippen LogP contribution in [0.15, 0.2) is 64.6 Å². The summed E-state index contributed by atoms with van der Waals surface area (Å²) in [4.78, 5) is 34.3. The molecule has 1 aromatic heterocycles. The van der Waals surface area contributed by atoms with Crippen LogP contribution >= 0.6 is 23.2 Å². The van der Waals surface area contributed by atoms with Gasteiger partial charge < -0.3 is 14.4 Å². The number of nitroso groups, excluding NO2 is 1. The second-order valence-electron chi connectivity index (χ2n) is 6.37. The lowest BCUT2D eigenvalue weighted by molar-refractivity contribution is 0.0697. The van der Waals surface area contributed by atoms with Gasteiger partial charge in [0.1, 0.15) is 23.1 Å². The Morgan fingerprint density at radius 3 is 2.47 bits per heavy atom. The van der Waals surface area contributed by atoms with Crippen molar-refractivity contribution in [2.45, 2.75) is 19.6 Å². The third kappa shape index (κ3) is 5.06. The largest absolute Gasteiger partial charge is 0.487 e. The lowest BCUT2D eigenvalue weighted by Gasteiger charge is -2.16. The number of carboxylic acid groups (broad SMARTS) is 1. The number of aryl methyl sites for hydroxylation is 1. The van der Waals surface area contributed by atoms with Gasteiger partial charge in [0.25, 0.3) is 5.56 Å². The zero-order valence-corrected chi connectivity index (χ0v) is 17.1. The fourth-order valence-electron chi connectivity index (χ4n) is 2.86. The van der Waals surface area contributed by atoms with E-state index in [0.29, 0.717) is 17.9 Å². The maximum absolute atomic E-state index is 12.6. The number of carbonyl (C=O) groups is 1. The van der Waals surface area contributed by atoms with Crippen molar-refractivity contribution in [2.24, 2.45) is 5.18 Å². The summed E-state index contributed by atoms with van der Waals surface area (Å²) in [5.41, 5.74) is 1.27. The monoisotopic (exact) mass is 446 g/mol. The molecule has 7 nitrogen and oxygen atoms in total. The highest BCUT2D eigenvalue weighted by Crippen LogP contribution is 2.23. The SMILES string of the molecule is O=Nc1cccc(OCc2c(Cl)cc(Cl)c(=O)n2CCc2ccc(C(=O)O)cc2)c1. The molecular weight excluding hydrogens is 431 g/mol. The predicted molar refractivity (Wildman–Crippen MR) is 114 cm³/mol. The van der Waals surface area contributed by atoms with E-state index in [1.807, 2.05) is 0 Å². The minimum Gasteiger partial charge on any atom is -0.487 e. The Labute approximate surface area is 181 Å². The molecule has 0 saturated heterocycles. The number of hydrogen-bond acceptors (Lipinski definition) is 5. The Balaban J connectivity index is 1.83. The minimum absolute atomic E-state index is 0.0165. The van der Waals surface area contributed by atoms with Crippen molar-refractivity contribution in [3.05, 3.63) is 96.7 Å². The molecule has 0 fully saturated rings. The molecule has 0 aliphatic carbocycles. The zero-order valence-electron chi connectivity index (χ0n) is 15.5. The number of rotatable bonds is 8. The maximum atomic E-state index is 12.6. The summed E-state index contributed by atoms with van der Waals surface area (Å²) in [7, 11) is 0. The minimum atomic E-state index is -1.01. The first kappa shape index (κ1) is 21.5. The number of aromatic nitrogens is 1. The van der Waals surface area contributed by atoms with E-state index in [4.69, 9.17) is 33.0 Å². The van der Waals surface area contributed by atoms with Gasteiger partial charge in [-0.1, -0.05) is 41.4 Å². The summed E-state index contributed by atoms with van der Waals surface area (Å²) in [6, 6.07) is 14.1. The first-order chi connectivity index (χ1) is 14.4. The van der Waals surface area contributed by atoms with Gasteiger partial charge in [-0.25, -0.2) is 4.79 Å². The van der Waals surface area contributed by atoms with Crippen molar-refractivity contribution >= 4 is 34.9 Å². The van der Waals surface area contributed by atoms with Crippen molar-refractivity contribution in [3.8, 4) is 5.75 Å². The summed E-state index contributed by atoms with van der Waals surface area (Å²) in [6.45, 7) is 0.242. The predicted octanol–water partition coefficient (Wildman–Crippen LogP) is 5.07. The fraction of sp³-hybridized carbons (Fsp3) is 0.143. The standard InChI is InChI=1S/C21H16Cl2N2O5/c22-17-11-18(23)20(26)25(9-8-13-4-6-14(7-5-13)21(27)28)19(17)12-30-16-3-1-2-15(10-16)24-29/h1-7,10-11H,8-9,12H2,(H,27,28). The maximum Gasteiger partial charge on any atom is 0.335 e. The van der Waals surface area contributed by atoms with Gasteiger partial charge in [0.15, 0.2) is 0 Å². The molecule has 1 N–H and O–H groups in total. The molecule has 0 bridgehead atoms. The molecule has 0 spiro atoms. The molecule has 0 aliphatic rings. The summed E-state index contributed by atoms with van der Waals surface area (Å²) in [5, 5.41) is 12.1. The molecule has 1 heterocycles. The van der Waals surface area contributed by atoms with Crippen molar-refractivity contribution < 1.29 is 14.6 Å². The van der Waals surface area contributed by atoms with E-state index in [9.17, 15) is 14.5 Å². The lowest BCUT2D eigenvalue weighted by atomic mass is 10.1. The third-order valence-corrected chi connectivity index (χ3v) is 5.03. The zero-order chi connectivity index (χ0) is 21.7. The van der Waals surface area contributed by atoms with Gasteiger partial charge in [-0.15, -0.1) is 4.91 Å². The number of carboxylic acids is 1. The van der Waals surface area contributed by atoms with E-state index >= 15 is 0 Å². The lowest BCUT2D eigenvalue weighted by Crippen LogP contribution is -2.26. The number of nitrogens with zero attached hydrogens (tertiary/aromatic N) is 2. The van der Waals surface area contributed by atoms with Gasteiger partial charge in [-0.05, 0) is 47.5 Å².